The van der Waals surface area contributed by atoms with Gasteiger partial charge in [-0.05, 0) is 64.0 Å². The molecule has 0 atom stereocenters. The molecule has 0 aliphatic carbocycles. The van der Waals surface area contributed by atoms with Gasteiger partial charge in [0.2, 0.25) is 0 Å². The van der Waals surface area contributed by atoms with Gasteiger partial charge in [-0.1, -0.05) is 78.9 Å². The van der Waals surface area contributed by atoms with Crippen molar-refractivity contribution in [1.29, 1.82) is 0 Å². The monoisotopic (exact) mass is 435 g/mol. The summed E-state index contributed by atoms with van der Waals surface area (Å²) in [7, 11) is 0. The third kappa shape index (κ3) is 2.96. The van der Waals surface area contributed by atoms with E-state index in [4.69, 9.17) is 4.42 Å². The van der Waals surface area contributed by atoms with Crippen LogP contribution in [0.2, 0.25) is 0 Å². The molecule has 0 fully saturated rings. The fourth-order valence-corrected chi connectivity index (χ4v) is 5.01. The van der Waals surface area contributed by atoms with E-state index in [2.05, 4.69) is 132 Å². The number of rotatable bonds is 3. The maximum Gasteiger partial charge on any atom is 0.137 e. The van der Waals surface area contributed by atoms with Crippen molar-refractivity contribution >= 4 is 60.5 Å². The minimum Gasteiger partial charge on any atom is -0.456 e. The number of furan rings is 1. The molecule has 0 bridgehead atoms. The Kier molecular flexibility index (Phi) is 4.18. The van der Waals surface area contributed by atoms with Crippen LogP contribution in [0.1, 0.15) is 0 Å². The Hall–Kier alpha value is -4.56. The SMILES string of the molecule is c1ccc(N(c2ccc3ccccc3c2)c2ccc3c(c2)oc2ccc4ccccc4c23)cc1. The summed E-state index contributed by atoms with van der Waals surface area (Å²) in [5.41, 5.74) is 5.11. The summed E-state index contributed by atoms with van der Waals surface area (Å²) in [5.74, 6) is 0. The predicted octanol–water partition coefficient (Wildman–Crippen LogP) is 9.36. The highest BCUT2D eigenvalue weighted by Gasteiger charge is 2.16. The van der Waals surface area contributed by atoms with Crippen molar-refractivity contribution in [3.8, 4) is 0 Å². The zero-order valence-electron chi connectivity index (χ0n) is 18.5. The normalized spacial score (nSPS) is 11.5. The molecule has 0 N–H and O–H groups in total. The first kappa shape index (κ1) is 19.0. The minimum absolute atomic E-state index is 0.894. The van der Waals surface area contributed by atoms with Gasteiger partial charge in [0.05, 0.1) is 0 Å². The van der Waals surface area contributed by atoms with Gasteiger partial charge in [0.25, 0.3) is 0 Å². The molecule has 2 nitrogen and oxygen atoms in total. The van der Waals surface area contributed by atoms with Gasteiger partial charge < -0.3 is 9.32 Å². The number of benzene rings is 6. The fourth-order valence-electron chi connectivity index (χ4n) is 5.01. The second-order valence-electron chi connectivity index (χ2n) is 8.64. The van der Waals surface area contributed by atoms with Crippen molar-refractivity contribution in [1.82, 2.24) is 0 Å². The number of hydrogen-bond acceptors (Lipinski definition) is 2. The van der Waals surface area contributed by atoms with Crippen molar-refractivity contribution in [2.45, 2.75) is 0 Å². The maximum atomic E-state index is 6.37. The van der Waals surface area contributed by atoms with Crippen LogP contribution in [-0.4, -0.2) is 0 Å². The number of hydrogen-bond donors (Lipinski definition) is 0. The molecule has 34 heavy (non-hydrogen) atoms. The molecule has 0 spiro atoms. The van der Waals surface area contributed by atoms with Crippen molar-refractivity contribution in [3.05, 3.63) is 127 Å². The third-order valence-corrected chi connectivity index (χ3v) is 6.61. The molecule has 0 saturated heterocycles. The highest BCUT2D eigenvalue weighted by atomic mass is 16.3. The van der Waals surface area contributed by atoms with Gasteiger partial charge in [0.15, 0.2) is 0 Å². The summed E-state index contributed by atoms with van der Waals surface area (Å²) in [6.45, 7) is 0. The van der Waals surface area contributed by atoms with E-state index in [0.717, 1.165) is 33.6 Å². The molecule has 6 aromatic carbocycles. The van der Waals surface area contributed by atoms with E-state index in [1.54, 1.807) is 0 Å². The van der Waals surface area contributed by atoms with Crippen molar-refractivity contribution in [2.75, 3.05) is 4.90 Å². The van der Waals surface area contributed by atoms with E-state index < -0.39 is 0 Å². The Labute approximate surface area is 197 Å². The summed E-state index contributed by atoms with van der Waals surface area (Å²) in [6, 6.07) is 44.8. The summed E-state index contributed by atoms with van der Waals surface area (Å²) in [4.78, 5) is 2.29. The Bertz CT molecular complexity index is 1810. The topological polar surface area (TPSA) is 16.4 Å². The number of fused-ring (bicyclic) bond motifs is 6. The lowest BCUT2D eigenvalue weighted by molar-refractivity contribution is 0.669. The van der Waals surface area contributed by atoms with Gasteiger partial charge in [0.1, 0.15) is 11.2 Å². The summed E-state index contributed by atoms with van der Waals surface area (Å²) < 4.78 is 6.37. The molecule has 1 aromatic heterocycles. The van der Waals surface area contributed by atoms with Crippen LogP contribution in [0.15, 0.2) is 132 Å². The van der Waals surface area contributed by atoms with Gasteiger partial charge in [0, 0.05) is 33.9 Å². The van der Waals surface area contributed by atoms with Gasteiger partial charge in [-0.15, -0.1) is 0 Å². The van der Waals surface area contributed by atoms with Crippen molar-refractivity contribution < 1.29 is 4.42 Å². The lowest BCUT2D eigenvalue weighted by Gasteiger charge is -2.25. The zero-order valence-corrected chi connectivity index (χ0v) is 18.5. The standard InChI is InChI=1S/C32H21NO/c1-2-11-25(12-3-1)33(26-16-14-22-8-4-5-10-24(22)20-26)27-17-18-29-31(21-27)34-30-19-15-23-9-6-7-13-28(23)32(29)30/h1-21H. The van der Waals surface area contributed by atoms with Gasteiger partial charge in [-0.2, -0.15) is 0 Å². The van der Waals surface area contributed by atoms with E-state index in [1.165, 1.54) is 26.9 Å². The molecule has 0 amide bonds. The highest BCUT2D eigenvalue weighted by molar-refractivity contribution is 6.19. The Morgan fingerprint density at radius 3 is 1.97 bits per heavy atom. The Balaban J connectivity index is 1.46. The molecule has 2 heteroatoms. The second-order valence-corrected chi connectivity index (χ2v) is 8.64. The summed E-state index contributed by atoms with van der Waals surface area (Å²) >= 11 is 0. The summed E-state index contributed by atoms with van der Waals surface area (Å²) in [6.07, 6.45) is 0. The quantitative estimate of drug-likeness (QED) is 0.275. The largest absolute Gasteiger partial charge is 0.456 e. The lowest BCUT2D eigenvalue weighted by atomic mass is 10.0. The van der Waals surface area contributed by atoms with Crippen LogP contribution in [0.4, 0.5) is 17.1 Å². The molecule has 0 saturated carbocycles. The average Bonchev–Trinajstić information content (AvgIpc) is 3.28. The van der Waals surface area contributed by atoms with E-state index in [0.29, 0.717) is 0 Å². The van der Waals surface area contributed by atoms with Crippen LogP contribution in [0.5, 0.6) is 0 Å². The van der Waals surface area contributed by atoms with E-state index in [1.807, 2.05) is 0 Å². The van der Waals surface area contributed by atoms with E-state index in [9.17, 15) is 0 Å². The molecule has 0 radical (unpaired) electrons. The molecule has 160 valence electrons. The van der Waals surface area contributed by atoms with Crippen LogP contribution < -0.4 is 4.90 Å². The lowest BCUT2D eigenvalue weighted by Crippen LogP contribution is -2.09. The van der Waals surface area contributed by atoms with Crippen molar-refractivity contribution in [2.24, 2.45) is 0 Å². The first-order valence-electron chi connectivity index (χ1n) is 11.5. The predicted molar refractivity (Wildman–Crippen MR) is 143 cm³/mol. The molecule has 7 aromatic rings. The molecule has 1 heterocycles. The number of nitrogens with zero attached hydrogens (tertiary/aromatic N) is 1. The van der Waals surface area contributed by atoms with Crippen LogP contribution >= 0.6 is 0 Å². The first-order valence-corrected chi connectivity index (χ1v) is 11.5. The fraction of sp³-hybridized carbons (Fsp3) is 0. The van der Waals surface area contributed by atoms with Crippen LogP contribution in [-0.2, 0) is 0 Å². The van der Waals surface area contributed by atoms with Gasteiger partial charge >= 0.3 is 0 Å². The molecule has 0 aliphatic rings. The molecule has 0 aliphatic heterocycles. The minimum atomic E-state index is 0.894. The molecular weight excluding hydrogens is 414 g/mol. The highest BCUT2D eigenvalue weighted by Crippen LogP contribution is 2.40. The Morgan fingerprint density at radius 1 is 0.412 bits per heavy atom. The van der Waals surface area contributed by atoms with E-state index >= 15 is 0 Å². The second kappa shape index (κ2) is 7.50. The van der Waals surface area contributed by atoms with Gasteiger partial charge in [-0.3, -0.25) is 0 Å². The first-order chi connectivity index (χ1) is 16.8. The smallest absolute Gasteiger partial charge is 0.137 e. The van der Waals surface area contributed by atoms with Crippen LogP contribution in [0, 0.1) is 0 Å². The van der Waals surface area contributed by atoms with Crippen molar-refractivity contribution in [3.63, 3.8) is 0 Å². The third-order valence-electron chi connectivity index (χ3n) is 6.61. The van der Waals surface area contributed by atoms with Crippen LogP contribution in [0.3, 0.4) is 0 Å². The van der Waals surface area contributed by atoms with Crippen LogP contribution in [0.25, 0.3) is 43.5 Å². The molecule has 7 rings (SSSR count). The molecular formula is C32H21NO. The number of para-hydroxylation sites is 1. The maximum absolute atomic E-state index is 6.37. The summed E-state index contributed by atoms with van der Waals surface area (Å²) in [5, 5.41) is 7.22. The van der Waals surface area contributed by atoms with Gasteiger partial charge in [-0.25, -0.2) is 0 Å². The molecule has 0 unspecified atom stereocenters. The zero-order chi connectivity index (χ0) is 22.5. The Morgan fingerprint density at radius 2 is 1.09 bits per heavy atom. The number of anilines is 3. The van der Waals surface area contributed by atoms with E-state index in [-0.39, 0.29) is 0 Å². The average molecular weight is 436 g/mol.